The second-order valence-corrected chi connectivity index (χ2v) is 6.21. The lowest BCUT2D eigenvalue weighted by Gasteiger charge is -2.31. The molecule has 0 saturated heterocycles. The molecule has 0 aromatic heterocycles. The summed E-state index contributed by atoms with van der Waals surface area (Å²) < 4.78 is 5.70. The van der Waals surface area contributed by atoms with Gasteiger partial charge in [-0.3, -0.25) is 0 Å². The van der Waals surface area contributed by atoms with Gasteiger partial charge >= 0.3 is 0 Å². The zero-order valence-electron chi connectivity index (χ0n) is 11.8. The summed E-state index contributed by atoms with van der Waals surface area (Å²) in [6, 6.07) is 10.8. The van der Waals surface area contributed by atoms with E-state index in [2.05, 4.69) is 11.6 Å². The minimum atomic E-state index is 0.709. The molecule has 2 atom stereocenters. The van der Waals surface area contributed by atoms with Crippen molar-refractivity contribution in [3.63, 3.8) is 0 Å². The van der Waals surface area contributed by atoms with Crippen LogP contribution in [0.5, 0.6) is 5.75 Å². The van der Waals surface area contributed by atoms with Gasteiger partial charge in [0.2, 0.25) is 0 Å². The van der Waals surface area contributed by atoms with Crippen molar-refractivity contribution >= 4 is 11.8 Å². The number of nitrogens with one attached hydrogen (secondary N) is 1. The fourth-order valence-corrected chi connectivity index (χ4v) is 3.64. The van der Waals surface area contributed by atoms with Crippen molar-refractivity contribution in [2.24, 2.45) is 0 Å². The lowest BCUT2D eigenvalue weighted by Crippen LogP contribution is -2.41. The van der Waals surface area contributed by atoms with Crippen molar-refractivity contribution in [1.29, 1.82) is 0 Å². The molecule has 2 unspecified atom stereocenters. The molecule has 0 bridgehead atoms. The molecule has 106 valence electrons. The van der Waals surface area contributed by atoms with Gasteiger partial charge in [0.1, 0.15) is 5.75 Å². The topological polar surface area (TPSA) is 21.3 Å². The zero-order chi connectivity index (χ0) is 13.3. The first kappa shape index (κ1) is 14.7. The molecule has 19 heavy (non-hydrogen) atoms. The summed E-state index contributed by atoms with van der Waals surface area (Å²) in [7, 11) is 0. The predicted octanol–water partition coefficient (Wildman–Crippen LogP) is 3.72. The molecule has 1 aliphatic rings. The fraction of sp³-hybridized carbons (Fsp3) is 0.625. The van der Waals surface area contributed by atoms with E-state index in [4.69, 9.17) is 4.74 Å². The van der Waals surface area contributed by atoms with Crippen LogP contribution < -0.4 is 10.1 Å². The van der Waals surface area contributed by atoms with Gasteiger partial charge in [-0.25, -0.2) is 0 Å². The SMILES string of the molecule is CSC1CCCCC1NCCCOc1ccccc1. The minimum absolute atomic E-state index is 0.709. The van der Waals surface area contributed by atoms with Gasteiger partial charge in [0.05, 0.1) is 6.61 Å². The number of para-hydroxylation sites is 1. The normalized spacial score (nSPS) is 23.2. The van der Waals surface area contributed by atoms with E-state index in [9.17, 15) is 0 Å². The second-order valence-electron chi connectivity index (χ2n) is 5.13. The largest absolute Gasteiger partial charge is 0.494 e. The van der Waals surface area contributed by atoms with Crippen LogP contribution in [-0.4, -0.2) is 30.7 Å². The smallest absolute Gasteiger partial charge is 0.119 e. The molecule has 2 nitrogen and oxygen atoms in total. The van der Waals surface area contributed by atoms with Crippen LogP contribution >= 0.6 is 11.8 Å². The molecular weight excluding hydrogens is 254 g/mol. The maximum atomic E-state index is 5.70. The van der Waals surface area contributed by atoms with Crippen molar-refractivity contribution in [3.8, 4) is 5.75 Å². The summed E-state index contributed by atoms with van der Waals surface area (Å²) in [6.07, 6.45) is 8.82. The average molecular weight is 279 g/mol. The van der Waals surface area contributed by atoms with Crippen LogP contribution in [0, 0.1) is 0 Å². The third-order valence-electron chi connectivity index (χ3n) is 3.74. The first-order chi connectivity index (χ1) is 9.40. The number of benzene rings is 1. The summed E-state index contributed by atoms with van der Waals surface area (Å²) >= 11 is 2.02. The number of rotatable bonds is 7. The minimum Gasteiger partial charge on any atom is -0.494 e. The van der Waals surface area contributed by atoms with Crippen LogP contribution in [0.1, 0.15) is 32.1 Å². The Kier molecular flexibility index (Phi) is 6.58. The maximum absolute atomic E-state index is 5.70. The Morgan fingerprint density at radius 2 is 2.00 bits per heavy atom. The van der Waals surface area contributed by atoms with Crippen LogP contribution in [0.2, 0.25) is 0 Å². The standard InChI is InChI=1S/C16H25NOS/c1-19-16-11-6-5-10-15(16)17-12-7-13-18-14-8-3-2-4-9-14/h2-4,8-9,15-17H,5-7,10-13H2,1H3. The van der Waals surface area contributed by atoms with Crippen LogP contribution in [0.4, 0.5) is 0 Å². The first-order valence-electron chi connectivity index (χ1n) is 7.34. The summed E-state index contributed by atoms with van der Waals surface area (Å²) in [5.41, 5.74) is 0. The van der Waals surface area contributed by atoms with E-state index >= 15 is 0 Å². The van der Waals surface area contributed by atoms with E-state index in [0.29, 0.717) is 6.04 Å². The molecule has 1 N–H and O–H groups in total. The predicted molar refractivity (Wildman–Crippen MR) is 84.1 cm³/mol. The van der Waals surface area contributed by atoms with Gasteiger partial charge in [0.25, 0.3) is 0 Å². The van der Waals surface area contributed by atoms with E-state index in [1.165, 1.54) is 25.7 Å². The molecule has 2 rings (SSSR count). The van der Waals surface area contributed by atoms with Crippen molar-refractivity contribution < 1.29 is 4.74 Å². The van der Waals surface area contributed by atoms with E-state index in [-0.39, 0.29) is 0 Å². The Morgan fingerprint density at radius 3 is 2.79 bits per heavy atom. The first-order valence-corrected chi connectivity index (χ1v) is 8.63. The van der Waals surface area contributed by atoms with Gasteiger partial charge in [0, 0.05) is 11.3 Å². The van der Waals surface area contributed by atoms with Gasteiger partial charge in [-0.1, -0.05) is 31.0 Å². The summed E-state index contributed by atoms with van der Waals surface area (Å²) in [5, 5.41) is 4.52. The number of hydrogen-bond donors (Lipinski definition) is 1. The second kappa shape index (κ2) is 8.49. The lowest BCUT2D eigenvalue weighted by atomic mass is 9.95. The summed E-state index contributed by atoms with van der Waals surface area (Å²) in [4.78, 5) is 0. The van der Waals surface area contributed by atoms with Gasteiger partial charge in [-0.05, 0) is 44.2 Å². The monoisotopic (exact) mass is 279 g/mol. The molecule has 1 fully saturated rings. The average Bonchev–Trinajstić information content (AvgIpc) is 2.48. The van der Waals surface area contributed by atoms with Gasteiger partial charge in [0.15, 0.2) is 0 Å². The lowest BCUT2D eigenvalue weighted by molar-refractivity contribution is 0.298. The third-order valence-corrected chi connectivity index (χ3v) is 4.91. The molecule has 0 radical (unpaired) electrons. The highest BCUT2D eigenvalue weighted by atomic mass is 32.2. The van der Waals surface area contributed by atoms with Crippen molar-refractivity contribution in [1.82, 2.24) is 5.32 Å². The summed E-state index contributed by atoms with van der Waals surface area (Å²) in [5.74, 6) is 0.974. The molecular formula is C16H25NOS. The Bertz CT molecular complexity index is 344. The fourth-order valence-electron chi connectivity index (χ4n) is 2.68. The zero-order valence-corrected chi connectivity index (χ0v) is 12.6. The van der Waals surface area contributed by atoms with Gasteiger partial charge in [-0.2, -0.15) is 11.8 Å². The molecule has 1 aliphatic carbocycles. The number of ether oxygens (including phenoxy) is 1. The number of hydrogen-bond acceptors (Lipinski definition) is 3. The Balaban J connectivity index is 1.58. The van der Waals surface area contributed by atoms with Crippen LogP contribution in [-0.2, 0) is 0 Å². The molecule has 0 spiro atoms. The van der Waals surface area contributed by atoms with Crippen molar-refractivity contribution in [2.75, 3.05) is 19.4 Å². The Hall–Kier alpha value is -0.670. The van der Waals surface area contributed by atoms with Crippen LogP contribution in [0.25, 0.3) is 0 Å². The molecule has 0 amide bonds. The molecule has 0 aliphatic heterocycles. The summed E-state index contributed by atoms with van der Waals surface area (Å²) in [6.45, 7) is 1.86. The highest BCUT2D eigenvalue weighted by Crippen LogP contribution is 2.26. The quantitative estimate of drug-likeness (QED) is 0.769. The van der Waals surface area contributed by atoms with E-state index in [0.717, 1.165) is 30.6 Å². The van der Waals surface area contributed by atoms with Crippen LogP contribution in [0.15, 0.2) is 30.3 Å². The number of thioether (sulfide) groups is 1. The molecule has 1 saturated carbocycles. The van der Waals surface area contributed by atoms with E-state index in [1.54, 1.807) is 0 Å². The van der Waals surface area contributed by atoms with Crippen molar-refractivity contribution in [2.45, 2.75) is 43.4 Å². The molecule has 1 aromatic rings. The Morgan fingerprint density at radius 1 is 1.21 bits per heavy atom. The highest BCUT2D eigenvalue weighted by Gasteiger charge is 2.23. The maximum Gasteiger partial charge on any atom is 0.119 e. The Labute approximate surface area is 121 Å². The molecule has 3 heteroatoms. The van der Waals surface area contributed by atoms with Gasteiger partial charge in [-0.15, -0.1) is 0 Å². The van der Waals surface area contributed by atoms with Crippen molar-refractivity contribution in [3.05, 3.63) is 30.3 Å². The highest BCUT2D eigenvalue weighted by molar-refractivity contribution is 7.99. The molecule has 0 heterocycles. The van der Waals surface area contributed by atoms with Crippen LogP contribution in [0.3, 0.4) is 0 Å². The molecule has 1 aromatic carbocycles. The van der Waals surface area contributed by atoms with E-state index in [1.807, 2.05) is 42.1 Å². The van der Waals surface area contributed by atoms with E-state index < -0.39 is 0 Å². The third kappa shape index (κ3) is 5.07. The van der Waals surface area contributed by atoms with Gasteiger partial charge < -0.3 is 10.1 Å².